The molecule has 75 heavy (non-hydrogen) atoms. The maximum Gasteiger partial charge on any atom is 0.286 e. The molecule has 0 N–H and O–H groups in total. The van der Waals surface area contributed by atoms with Gasteiger partial charge < -0.3 is 9.80 Å². The van der Waals surface area contributed by atoms with Crippen LogP contribution in [0.4, 0.5) is 51.7 Å². The Balaban J connectivity index is 1.27. The average Bonchev–Trinajstić information content (AvgIpc) is 3.56. The molecule has 9 aromatic carbocycles. The van der Waals surface area contributed by atoms with Gasteiger partial charge in [0.2, 0.25) is 0 Å². The molecule has 1 aliphatic carbocycles. The fourth-order valence-corrected chi connectivity index (χ4v) is 12.0. The zero-order chi connectivity index (χ0) is 52.4. The van der Waals surface area contributed by atoms with E-state index < -0.39 is 50.3 Å². The van der Waals surface area contributed by atoms with Gasteiger partial charge in [-0.2, -0.15) is 10.5 Å². The van der Waals surface area contributed by atoms with E-state index in [0.29, 0.717) is 22.7 Å². The first-order valence-electron chi connectivity index (χ1n) is 25.1. The molecule has 0 radical (unpaired) electrons. The van der Waals surface area contributed by atoms with Crippen molar-refractivity contribution in [3.63, 3.8) is 0 Å². The number of anilines is 6. The van der Waals surface area contributed by atoms with E-state index in [9.17, 15) is 10.5 Å². The van der Waals surface area contributed by atoms with Crippen LogP contribution in [0.15, 0.2) is 194 Å². The van der Waals surface area contributed by atoms with Crippen LogP contribution in [0.2, 0.25) is 0 Å². The Morgan fingerprint density at radius 2 is 0.613 bits per heavy atom. The standard InChI is InChI=1S/C67H50F4N4/c1-63(2)51-35-45(41-19-11-7-12-20-41)27-31-55(51)74(56-32-28-46(36-52(56)63)42-21-13-8-14-22-42)61-50(40-73)49(39-72)59-60(67(70,71)65(5,6)66(59,68)69)62(61)75-57-33-29-47(43-23-15-9-16-24-43)37-53(57)64(3,4)54-38-48(30-34-58(54)75)44-25-17-10-18-26-44/h7-38H,1-6H3. The van der Waals surface area contributed by atoms with Gasteiger partial charge in [-0.05, 0) is 129 Å². The van der Waals surface area contributed by atoms with Crippen molar-refractivity contribution in [1.29, 1.82) is 10.5 Å². The number of nitrogens with zero attached hydrogens (tertiary/aromatic N) is 4. The number of alkyl halides is 4. The van der Waals surface area contributed by atoms with Crippen LogP contribution in [0.5, 0.6) is 0 Å². The first kappa shape index (κ1) is 47.3. The van der Waals surface area contributed by atoms with Gasteiger partial charge in [-0.3, -0.25) is 0 Å². The van der Waals surface area contributed by atoms with Crippen molar-refractivity contribution in [2.45, 2.75) is 64.2 Å². The highest BCUT2D eigenvalue weighted by atomic mass is 19.3. The summed E-state index contributed by atoms with van der Waals surface area (Å²) in [5.74, 6) is -8.55. The molecule has 366 valence electrons. The van der Waals surface area contributed by atoms with Gasteiger partial charge in [-0.15, -0.1) is 0 Å². The Morgan fingerprint density at radius 3 is 0.907 bits per heavy atom. The third-order valence-electron chi connectivity index (χ3n) is 16.4. The molecule has 0 spiro atoms. The second kappa shape index (κ2) is 16.6. The van der Waals surface area contributed by atoms with Crippen LogP contribution >= 0.6 is 0 Å². The molecule has 3 aliphatic rings. The molecule has 0 saturated heterocycles. The van der Waals surface area contributed by atoms with Gasteiger partial charge in [0.15, 0.2) is 0 Å². The molecule has 0 aromatic heterocycles. The number of rotatable bonds is 6. The summed E-state index contributed by atoms with van der Waals surface area (Å²) >= 11 is 0. The Kier molecular flexibility index (Phi) is 10.5. The normalized spacial score (nSPS) is 16.6. The Hall–Kier alpha value is -8.72. The van der Waals surface area contributed by atoms with Gasteiger partial charge in [-0.25, -0.2) is 17.6 Å². The predicted molar refractivity (Wildman–Crippen MR) is 293 cm³/mol. The molecule has 2 heterocycles. The second-order valence-electron chi connectivity index (χ2n) is 21.5. The Bertz CT molecular complexity index is 3700. The van der Waals surface area contributed by atoms with E-state index in [4.69, 9.17) is 0 Å². The molecular formula is C67H50F4N4. The molecule has 9 aromatic rings. The van der Waals surface area contributed by atoms with Crippen molar-refractivity contribution >= 4 is 34.1 Å². The molecule has 4 nitrogen and oxygen atoms in total. The largest absolute Gasteiger partial charge is 0.307 e. The van der Waals surface area contributed by atoms with E-state index in [1.807, 2.05) is 176 Å². The summed E-state index contributed by atoms with van der Waals surface area (Å²) in [5, 5.41) is 23.0. The number of nitriles is 2. The minimum absolute atomic E-state index is 0.102. The van der Waals surface area contributed by atoms with Crippen LogP contribution in [-0.2, 0) is 22.7 Å². The van der Waals surface area contributed by atoms with Crippen LogP contribution < -0.4 is 9.80 Å². The van der Waals surface area contributed by atoms with Crippen LogP contribution in [-0.4, -0.2) is 0 Å². The number of fused-ring (bicyclic) bond motifs is 5. The van der Waals surface area contributed by atoms with E-state index in [-0.39, 0.29) is 11.4 Å². The van der Waals surface area contributed by atoms with Crippen molar-refractivity contribution in [3.05, 3.63) is 239 Å². The first-order chi connectivity index (χ1) is 35.9. The van der Waals surface area contributed by atoms with Gasteiger partial charge in [0, 0.05) is 10.8 Å². The fraction of sp³-hybridized carbons (Fsp3) is 0.164. The maximum atomic E-state index is 18.5. The highest BCUT2D eigenvalue weighted by molar-refractivity contribution is 6.03. The van der Waals surface area contributed by atoms with E-state index in [1.54, 1.807) is 9.80 Å². The monoisotopic (exact) mass is 986 g/mol. The minimum Gasteiger partial charge on any atom is -0.307 e. The molecule has 0 amide bonds. The van der Waals surface area contributed by atoms with Crippen molar-refractivity contribution < 1.29 is 17.6 Å². The topological polar surface area (TPSA) is 54.1 Å². The zero-order valence-electron chi connectivity index (χ0n) is 42.3. The molecule has 2 aliphatic heterocycles. The van der Waals surface area contributed by atoms with Gasteiger partial charge in [0.1, 0.15) is 17.6 Å². The summed E-state index contributed by atoms with van der Waals surface area (Å²) in [4.78, 5) is 3.49. The Labute approximate surface area is 435 Å². The van der Waals surface area contributed by atoms with Crippen LogP contribution in [0.1, 0.15) is 86.1 Å². The highest BCUT2D eigenvalue weighted by Gasteiger charge is 2.73. The van der Waals surface area contributed by atoms with Crippen molar-refractivity contribution in [1.82, 2.24) is 0 Å². The molecule has 0 unspecified atom stereocenters. The number of benzene rings is 9. The van der Waals surface area contributed by atoms with Crippen LogP contribution in [0.3, 0.4) is 0 Å². The lowest BCUT2D eigenvalue weighted by Gasteiger charge is -2.47. The molecule has 0 fully saturated rings. The average molecular weight is 987 g/mol. The summed E-state index contributed by atoms with van der Waals surface area (Å²) in [7, 11) is 0. The summed E-state index contributed by atoms with van der Waals surface area (Å²) in [5.41, 5.74) is 4.07. The molecule has 8 heteroatoms. The number of hydrogen-bond acceptors (Lipinski definition) is 4. The smallest absolute Gasteiger partial charge is 0.286 e. The second-order valence-corrected chi connectivity index (χ2v) is 21.5. The summed E-state index contributed by atoms with van der Waals surface area (Å²) in [6, 6.07) is 67.4. The van der Waals surface area contributed by atoms with E-state index >= 15 is 17.6 Å². The SMILES string of the molecule is CC1(C)c2cc(-c3ccccc3)ccc2N(c2c(C#N)c(C#N)c3c(c2N2c4ccc(-c5ccccc5)cc4C(C)(C)c4cc(-c5ccccc5)ccc42)C(F)(F)C(C)(C)C3(F)F)c2ccc(-c3ccccc3)cc21. The number of hydrogen-bond donors (Lipinski definition) is 0. The minimum atomic E-state index is -4.28. The van der Waals surface area contributed by atoms with Gasteiger partial charge >= 0.3 is 0 Å². The van der Waals surface area contributed by atoms with E-state index in [2.05, 4.69) is 58.0 Å². The third-order valence-corrected chi connectivity index (χ3v) is 16.4. The number of halogens is 4. The van der Waals surface area contributed by atoms with Gasteiger partial charge in [0.05, 0.1) is 56.4 Å². The van der Waals surface area contributed by atoms with Crippen molar-refractivity contribution in [3.8, 4) is 56.6 Å². The Morgan fingerprint density at radius 1 is 0.333 bits per heavy atom. The quantitative estimate of drug-likeness (QED) is 0.156. The summed E-state index contributed by atoms with van der Waals surface area (Å²) < 4.78 is 72.4. The predicted octanol–water partition coefficient (Wildman–Crippen LogP) is 18.5. The van der Waals surface area contributed by atoms with E-state index in [0.717, 1.165) is 80.6 Å². The van der Waals surface area contributed by atoms with Crippen LogP contribution in [0.25, 0.3) is 44.5 Å². The van der Waals surface area contributed by atoms with Gasteiger partial charge in [0.25, 0.3) is 11.8 Å². The molecule has 12 rings (SSSR count). The summed E-state index contributed by atoms with van der Waals surface area (Å²) in [6.07, 6.45) is 0. The lowest BCUT2D eigenvalue weighted by molar-refractivity contribution is -0.212. The first-order valence-corrected chi connectivity index (χ1v) is 25.1. The fourth-order valence-electron chi connectivity index (χ4n) is 12.0. The highest BCUT2D eigenvalue weighted by Crippen LogP contribution is 2.72. The van der Waals surface area contributed by atoms with Crippen molar-refractivity contribution in [2.24, 2.45) is 5.41 Å². The third kappa shape index (κ3) is 6.72. The zero-order valence-corrected chi connectivity index (χ0v) is 42.3. The lowest BCUT2D eigenvalue weighted by Crippen LogP contribution is -2.39. The summed E-state index contributed by atoms with van der Waals surface area (Å²) in [6.45, 7) is 10.1. The van der Waals surface area contributed by atoms with Gasteiger partial charge in [-0.1, -0.05) is 173 Å². The molecule has 0 saturated carbocycles. The molecular weight excluding hydrogens is 937 g/mol. The van der Waals surface area contributed by atoms with Crippen molar-refractivity contribution in [2.75, 3.05) is 9.80 Å². The van der Waals surface area contributed by atoms with E-state index in [1.165, 1.54) is 0 Å². The lowest BCUT2D eigenvalue weighted by atomic mass is 9.71. The van der Waals surface area contributed by atoms with Crippen LogP contribution in [0, 0.1) is 28.1 Å². The molecule has 0 bridgehead atoms. The molecule has 0 atom stereocenters. The maximum absolute atomic E-state index is 18.5.